The molecule has 0 heterocycles. The van der Waals surface area contributed by atoms with Crippen LogP contribution in [0.2, 0.25) is 0 Å². The van der Waals surface area contributed by atoms with Crippen molar-refractivity contribution < 1.29 is 1850 Å². The predicted molar refractivity (Wildman–Crippen MR) is 36.2 cm³/mol. The van der Waals surface area contributed by atoms with Crippen LogP contribution in [0.15, 0.2) is 0 Å². The van der Waals surface area contributed by atoms with Gasteiger partial charge in [0.1, 0.15) is 0 Å². The third-order valence-electron chi connectivity index (χ3n) is 0. The molecule has 0 nitrogen and oxygen atoms in total. The van der Waals surface area contributed by atoms with E-state index < -0.39 is 0 Å². The Bertz CT molecular complexity index is 28.9. The second-order valence-electron chi connectivity index (χ2n) is 0. The normalized spacial score (nSPS) is 0. The number of hydrogen-bond donors (Lipinski definition) is 0. The van der Waals surface area contributed by atoms with E-state index in [1.54, 1.807) is 0 Å². The Hall–Kier alpha value is 60.0. The van der Waals surface area contributed by atoms with Crippen molar-refractivity contribution in [2.75, 3.05) is 0 Å². The molecule has 0 aliphatic rings. The molecule has 0 radical (unpaired) electrons. The molecule has 0 rings (SSSR count). The van der Waals surface area contributed by atoms with Crippen molar-refractivity contribution in [3.8, 4) is 0 Å². The number of hydrogen-bond acceptors (Lipinski definition) is 0. The zero-order valence-corrected chi connectivity index (χ0v) is 104. The van der Waals surface area contributed by atoms with Gasteiger partial charge in [-0.2, -0.15) is 0 Å². The maximum Gasteiger partial charge on any atom is 1.00 e. The average Bonchev–Trinajstić information content (AvgIpc) is 0. The number of halogens is 5. The molecule has 0 N–H and O–H groups in total. The fraction of sp³-hybridized carbons (Fsp3) is 0. The molecular formula is H5Cl5Li98+98. The van der Waals surface area contributed by atoms with Crippen molar-refractivity contribution in [2.24, 2.45) is 0 Å². The van der Waals surface area contributed by atoms with Crippen LogP contribution in [-0.4, -0.2) is 0 Å². The summed E-state index contributed by atoms with van der Waals surface area (Å²) in [4.78, 5) is 0. The van der Waals surface area contributed by atoms with Crippen LogP contribution in [0.3, 0.4) is 0 Å². The predicted octanol–water partition coefficient (Wildman–Crippen LogP) is -291. The molecule has 0 aliphatic heterocycles. The van der Waals surface area contributed by atoms with E-state index >= 15 is 0 Å². The summed E-state index contributed by atoms with van der Waals surface area (Å²) in [6.45, 7) is 0. The van der Waals surface area contributed by atoms with Crippen LogP contribution in [0.5, 0.6) is 0 Å². The van der Waals surface area contributed by atoms with Crippen molar-refractivity contribution in [3.05, 3.63) is 0 Å². The monoisotopic (exact) mass is 867 g/mol. The molecular weight excluding hydrogens is 857 g/mol. The Morgan fingerprint density at radius 1 is 0.0194 bits per heavy atom. The van der Waals surface area contributed by atoms with Crippen LogP contribution in [-0.2, 0) is 0 Å². The SMILES string of the molecule is Cl.Cl.Cl.Cl.Cl.[Li+].[Li+].[Li+].[Li+].[Li+].[Li+].[Li+].[Li+].[Li+].[Li+].[Li+].[Li+].[Li+].[Li+].[Li+].[Li+].[Li+].[Li+].[Li+].[Li+].[Li+].[Li+].[Li+].[Li+].[Li+].[Li+].[Li+].[Li+].[Li+].[Li+].[Li+].[Li+].[Li+].[Li+].[Li+].[Li+].[Li+].[Li+].[Li+].[Li+].[Li+].[Li+].[Li+].[Li+].[Li+].[Li+].[Li+].[Li+].[Li+].[Li+].[Li+].[Li+].[Li+].[Li+].[Li+].[Li+].[Li+].[Li+].[Li+].[Li+].[Li+].[Li+].[Li+].[Li+].[Li+].[Li+].[Li+].[Li+].[Li+].[Li+].[Li+].[Li+].[Li+].[Li+].[Li+].[Li+].[Li+].[Li+].[Li+].[Li+].[Li+].[Li+].[Li+].[Li+].[Li+].[Li+].[Li+].[Li+].[Li+].[Li+].[Li+].[Li+].[Li+].[Li+].[Li+].[Li+].[Li+].[Li+]. The minimum atomic E-state index is 0. The van der Waals surface area contributed by atoms with Gasteiger partial charge in [-0.15, -0.1) is 62.0 Å². The summed E-state index contributed by atoms with van der Waals surface area (Å²) in [6.07, 6.45) is 0. The van der Waals surface area contributed by atoms with Crippen LogP contribution >= 0.6 is 62.0 Å². The van der Waals surface area contributed by atoms with Gasteiger partial charge in [0.05, 0.1) is 0 Å². The van der Waals surface area contributed by atoms with E-state index in [1.807, 2.05) is 0 Å². The van der Waals surface area contributed by atoms with Gasteiger partial charge in [0.15, 0.2) is 0 Å². The van der Waals surface area contributed by atoms with Crippen molar-refractivity contribution in [1.29, 1.82) is 0 Å². The van der Waals surface area contributed by atoms with E-state index in [4.69, 9.17) is 0 Å². The Balaban J connectivity index is 0. The third kappa shape index (κ3) is 1150. The molecule has 0 aromatic heterocycles. The van der Waals surface area contributed by atoms with Gasteiger partial charge in [-0.25, -0.2) is 0 Å². The minimum absolute atomic E-state index is 0. The van der Waals surface area contributed by atoms with Crippen LogP contribution in [0.4, 0.5) is 0 Å². The summed E-state index contributed by atoms with van der Waals surface area (Å²) >= 11 is 0. The first-order chi connectivity index (χ1) is 0. The average molecular weight is 863 g/mol. The Kier molecular flexibility index (Phi) is 13500. The molecule has 0 atom stereocenters. The smallest absolute Gasteiger partial charge is 0.147 e. The molecule has 103 heavy (non-hydrogen) atoms. The molecule has 0 saturated heterocycles. The molecule has 0 aliphatic carbocycles. The van der Waals surface area contributed by atoms with E-state index in [-0.39, 0.29) is 1910 Å². The summed E-state index contributed by atoms with van der Waals surface area (Å²) in [6, 6.07) is 0. The van der Waals surface area contributed by atoms with Crippen molar-refractivity contribution in [3.63, 3.8) is 0 Å². The van der Waals surface area contributed by atoms with Crippen LogP contribution in [0.25, 0.3) is 0 Å². The molecule has 0 spiro atoms. The molecule has 0 fully saturated rings. The fourth-order valence-corrected chi connectivity index (χ4v) is 0. The Morgan fingerprint density at radius 3 is 0.0194 bits per heavy atom. The summed E-state index contributed by atoms with van der Waals surface area (Å²) < 4.78 is 0. The summed E-state index contributed by atoms with van der Waals surface area (Å²) in [5.74, 6) is 0. The first-order valence-corrected chi connectivity index (χ1v) is 0. The molecule has 0 unspecified atom stereocenters. The molecule has 40 valence electrons. The van der Waals surface area contributed by atoms with E-state index in [0.717, 1.165) is 0 Å². The van der Waals surface area contributed by atoms with E-state index in [9.17, 15) is 0 Å². The Labute approximate surface area is 1860 Å². The van der Waals surface area contributed by atoms with Gasteiger partial charge in [0.2, 0.25) is 0 Å². The van der Waals surface area contributed by atoms with Gasteiger partial charge >= 0.3 is 1850 Å². The summed E-state index contributed by atoms with van der Waals surface area (Å²) in [5.41, 5.74) is 0. The number of rotatable bonds is 0. The van der Waals surface area contributed by atoms with Crippen LogP contribution < -0.4 is 1850 Å². The zero-order valence-electron chi connectivity index (χ0n) is 100. The topological polar surface area (TPSA) is 0 Å². The van der Waals surface area contributed by atoms with E-state index in [2.05, 4.69) is 0 Å². The van der Waals surface area contributed by atoms with Gasteiger partial charge in [0.25, 0.3) is 0 Å². The molecule has 0 aromatic carbocycles. The molecule has 0 amide bonds. The van der Waals surface area contributed by atoms with Gasteiger partial charge < -0.3 is 0 Å². The summed E-state index contributed by atoms with van der Waals surface area (Å²) in [7, 11) is 0. The van der Waals surface area contributed by atoms with Gasteiger partial charge in [-0.05, 0) is 0 Å². The quantitative estimate of drug-likeness (QED) is 0.213. The second-order valence-corrected chi connectivity index (χ2v) is 0. The van der Waals surface area contributed by atoms with Crippen molar-refractivity contribution in [1.82, 2.24) is 0 Å². The minimum Gasteiger partial charge on any atom is -0.147 e. The third-order valence-corrected chi connectivity index (χ3v) is 0. The first kappa shape index (κ1) is 1190. The van der Waals surface area contributed by atoms with Crippen LogP contribution in [0, 0.1) is 0 Å². The van der Waals surface area contributed by atoms with Crippen LogP contribution in [0.1, 0.15) is 0 Å². The summed E-state index contributed by atoms with van der Waals surface area (Å²) in [5, 5.41) is 0. The molecule has 0 saturated carbocycles. The zero-order chi connectivity index (χ0) is 0. The first-order valence-electron chi connectivity index (χ1n) is 0. The second kappa shape index (κ2) is 1170. The van der Waals surface area contributed by atoms with Crippen molar-refractivity contribution in [2.45, 2.75) is 0 Å². The van der Waals surface area contributed by atoms with E-state index in [1.165, 1.54) is 0 Å². The van der Waals surface area contributed by atoms with Crippen molar-refractivity contribution >= 4 is 62.0 Å². The maximum atomic E-state index is 0. The van der Waals surface area contributed by atoms with Gasteiger partial charge in [0, 0.05) is 0 Å². The fourth-order valence-electron chi connectivity index (χ4n) is 0. The molecule has 0 aromatic rings. The standard InChI is InChI=1S/5ClH.98Li/h5*1H;;;;;;;;;;;;;;;;;;;;;;;;;;;;;;;;;;;;;;;;;;;;;;;;;;;;;;;;;;;;;;;;;;;;;;;;;;;;;;;;;;;;;;;;;;;;;;;;;;/q;;;;;98*+1. The Morgan fingerprint density at radius 2 is 0.0194 bits per heavy atom. The van der Waals surface area contributed by atoms with Gasteiger partial charge in [-0.1, -0.05) is 0 Å². The van der Waals surface area contributed by atoms with Gasteiger partial charge in [-0.3, -0.25) is 0 Å². The maximum absolute atomic E-state index is 0. The molecule has 0 bridgehead atoms. The largest absolute Gasteiger partial charge is 1.00 e. The molecule has 103 heteroatoms. The van der Waals surface area contributed by atoms with E-state index in [0.29, 0.717) is 0 Å².